The van der Waals surface area contributed by atoms with Gasteiger partial charge in [-0.1, -0.05) is 17.7 Å². The van der Waals surface area contributed by atoms with Gasteiger partial charge < -0.3 is 19.5 Å². The summed E-state index contributed by atoms with van der Waals surface area (Å²) in [5, 5.41) is 3.30. The van der Waals surface area contributed by atoms with Gasteiger partial charge in [-0.25, -0.2) is 0 Å². The van der Waals surface area contributed by atoms with Crippen molar-refractivity contribution in [3.63, 3.8) is 0 Å². The molecule has 1 aromatic carbocycles. The Morgan fingerprint density at radius 2 is 2.13 bits per heavy atom. The fourth-order valence-corrected chi connectivity index (χ4v) is 2.30. The van der Waals surface area contributed by atoms with Crippen molar-refractivity contribution in [2.75, 3.05) is 27.4 Å². The number of methoxy groups -OCH3 is 2. The molecular weight excluding hydrogens is 336 g/mol. The Bertz CT molecular complexity index is 489. The van der Waals surface area contributed by atoms with E-state index in [0.29, 0.717) is 26.1 Å². The van der Waals surface area contributed by atoms with E-state index in [1.165, 1.54) is 11.0 Å². The van der Waals surface area contributed by atoms with Crippen LogP contribution in [0.15, 0.2) is 18.2 Å². The Balaban J connectivity index is 2.35. The number of carbonyl (C=O) groups excluding carboxylic acids is 1. The molecule has 0 bridgehead atoms. The molecule has 1 atom stereocenters. The van der Waals surface area contributed by atoms with Gasteiger partial charge in [-0.3, -0.25) is 9.52 Å². The summed E-state index contributed by atoms with van der Waals surface area (Å²) in [6.45, 7) is 3.44. The zero-order valence-corrected chi connectivity index (χ0v) is 15.3. The predicted molar refractivity (Wildman–Crippen MR) is 96.0 cm³/mol. The van der Waals surface area contributed by atoms with Gasteiger partial charge in [0.05, 0.1) is 20.6 Å². The summed E-state index contributed by atoms with van der Waals surface area (Å²) in [4.78, 5) is 11.5. The molecule has 6 nitrogen and oxygen atoms in total. The fraction of sp³-hybridized carbons (Fsp3) is 0.533. The first kappa shape index (κ1) is 20.0. The zero-order chi connectivity index (χ0) is 17.1. The monoisotopic (exact) mass is 360 g/mol. The molecule has 1 aromatic rings. The SMILES string of the molecule is COc1ccc(CNC(C)COC(=O)CCNSS)c(OC)c1. The number of nitrogens with one attached hydrogen (secondary N) is 2. The predicted octanol–water partition coefficient (Wildman–Crippen LogP) is 2.20. The van der Waals surface area contributed by atoms with Crippen LogP contribution in [0.4, 0.5) is 0 Å². The molecule has 0 saturated carbocycles. The number of hydrogen-bond acceptors (Lipinski definition) is 8. The van der Waals surface area contributed by atoms with E-state index >= 15 is 0 Å². The molecule has 0 aliphatic carbocycles. The zero-order valence-electron chi connectivity index (χ0n) is 13.6. The summed E-state index contributed by atoms with van der Waals surface area (Å²) in [5.74, 6) is 1.28. The first-order valence-electron chi connectivity index (χ1n) is 7.23. The number of ether oxygens (including phenoxy) is 3. The van der Waals surface area contributed by atoms with Gasteiger partial charge in [0.25, 0.3) is 0 Å². The van der Waals surface area contributed by atoms with Crippen LogP contribution in [0, 0.1) is 0 Å². The lowest BCUT2D eigenvalue weighted by Gasteiger charge is -2.16. The molecule has 23 heavy (non-hydrogen) atoms. The summed E-state index contributed by atoms with van der Waals surface area (Å²) in [6, 6.07) is 5.72. The second kappa shape index (κ2) is 11.4. The summed E-state index contributed by atoms with van der Waals surface area (Å²) in [5.41, 5.74) is 1.02. The molecule has 1 unspecified atom stereocenters. The molecule has 0 aliphatic heterocycles. The summed E-state index contributed by atoms with van der Waals surface area (Å²) < 4.78 is 18.6. The Morgan fingerprint density at radius 1 is 1.35 bits per heavy atom. The van der Waals surface area contributed by atoms with Crippen molar-refractivity contribution in [2.45, 2.75) is 25.9 Å². The van der Waals surface area contributed by atoms with E-state index in [4.69, 9.17) is 14.2 Å². The van der Waals surface area contributed by atoms with Crippen LogP contribution in [0.1, 0.15) is 18.9 Å². The van der Waals surface area contributed by atoms with Crippen molar-refractivity contribution < 1.29 is 19.0 Å². The minimum atomic E-state index is -0.226. The van der Waals surface area contributed by atoms with Crippen LogP contribution in [-0.4, -0.2) is 39.4 Å². The van der Waals surface area contributed by atoms with Crippen LogP contribution in [-0.2, 0) is 16.1 Å². The molecular formula is C15H24N2O4S2. The van der Waals surface area contributed by atoms with Gasteiger partial charge in [0.15, 0.2) is 0 Å². The highest BCUT2D eigenvalue weighted by Gasteiger charge is 2.09. The highest BCUT2D eigenvalue weighted by atomic mass is 33.1. The second-order valence-electron chi connectivity index (χ2n) is 4.88. The van der Waals surface area contributed by atoms with E-state index in [1.54, 1.807) is 14.2 Å². The molecule has 1 rings (SSSR count). The molecule has 0 radical (unpaired) electrons. The van der Waals surface area contributed by atoms with Gasteiger partial charge in [0.2, 0.25) is 0 Å². The third-order valence-corrected chi connectivity index (χ3v) is 3.85. The van der Waals surface area contributed by atoms with Crippen LogP contribution in [0.25, 0.3) is 0 Å². The van der Waals surface area contributed by atoms with E-state index in [9.17, 15) is 4.79 Å². The third kappa shape index (κ3) is 7.83. The molecule has 0 amide bonds. The highest BCUT2D eigenvalue weighted by Crippen LogP contribution is 2.24. The number of carbonyl (C=O) groups is 1. The number of rotatable bonds is 11. The van der Waals surface area contributed by atoms with E-state index in [-0.39, 0.29) is 12.0 Å². The molecule has 0 aromatic heterocycles. The van der Waals surface area contributed by atoms with Crippen LogP contribution in [0.3, 0.4) is 0 Å². The van der Waals surface area contributed by atoms with E-state index in [1.807, 2.05) is 25.1 Å². The standard InChI is InChI=1S/C15H24N2O4S2/c1-11(10-21-15(18)6-7-17-23-22)16-9-12-4-5-13(19-2)8-14(12)20-3/h4-5,8,11,16-17,22H,6-7,9-10H2,1-3H3. The van der Waals surface area contributed by atoms with Crippen molar-refractivity contribution in [1.82, 2.24) is 10.0 Å². The van der Waals surface area contributed by atoms with E-state index in [0.717, 1.165) is 17.1 Å². The van der Waals surface area contributed by atoms with Gasteiger partial charge in [-0.15, -0.1) is 0 Å². The third-order valence-electron chi connectivity index (χ3n) is 3.13. The molecule has 0 heterocycles. The average molecular weight is 361 g/mol. The summed E-state index contributed by atoms with van der Waals surface area (Å²) in [7, 11) is 4.43. The molecule has 8 heteroatoms. The van der Waals surface area contributed by atoms with Gasteiger partial charge in [0, 0.05) is 30.8 Å². The maximum absolute atomic E-state index is 11.5. The van der Waals surface area contributed by atoms with Crippen LogP contribution in [0.2, 0.25) is 0 Å². The van der Waals surface area contributed by atoms with Gasteiger partial charge in [-0.2, -0.15) is 0 Å². The largest absolute Gasteiger partial charge is 0.497 e. The topological polar surface area (TPSA) is 68.8 Å². The van der Waals surface area contributed by atoms with Crippen LogP contribution in [0.5, 0.6) is 11.5 Å². The maximum atomic E-state index is 11.5. The Labute approximate surface area is 146 Å². The molecule has 2 N–H and O–H groups in total. The lowest BCUT2D eigenvalue weighted by atomic mass is 10.2. The average Bonchev–Trinajstić information content (AvgIpc) is 2.58. The second-order valence-corrected chi connectivity index (χ2v) is 5.90. The van der Waals surface area contributed by atoms with E-state index in [2.05, 4.69) is 21.7 Å². The first-order valence-corrected chi connectivity index (χ1v) is 9.10. The number of hydrogen-bond donors (Lipinski definition) is 3. The molecule has 0 spiro atoms. The molecule has 0 saturated heterocycles. The lowest BCUT2D eigenvalue weighted by Crippen LogP contribution is -2.31. The smallest absolute Gasteiger partial charge is 0.307 e. The molecule has 130 valence electrons. The first-order chi connectivity index (χ1) is 11.1. The number of thiol groups is 1. The quantitative estimate of drug-likeness (QED) is 0.184. The number of esters is 1. The van der Waals surface area contributed by atoms with E-state index < -0.39 is 0 Å². The normalized spacial score (nSPS) is 11.8. The fourth-order valence-electron chi connectivity index (χ4n) is 1.83. The Morgan fingerprint density at radius 3 is 2.78 bits per heavy atom. The Kier molecular flexibility index (Phi) is 9.93. The lowest BCUT2D eigenvalue weighted by molar-refractivity contribution is -0.144. The summed E-state index contributed by atoms with van der Waals surface area (Å²) >= 11 is 3.92. The minimum absolute atomic E-state index is 0.0398. The minimum Gasteiger partial charge on any atom is -0.497 e. The van der Waals surface area contributed by atoms with Gasteiger partial charge in [0.1, 0.15) is 18.1 Å². The van der Waals surface area contributed by atoms with Crippen LogP contribution < -0.4 is 19.5 Å². The Hall–Kier alpha value is -1.09. The van der Waals surface area contributed by atoms with Crippen molar-refractivity contribution in [2.24, 2.45) is 0 Å². The molecule has 0 aliphatic rings. The van der Waals surface area contributed by atoms with Gasteiger partial charge >= 0.3 is 5.97 Å². The van der Waals surface area contributed by atoms with Crippen molar-refractivity contribution in [3.8, 4) is 11.5 Å². The maximum Gasteiger partial charge on any atom is 0.307 e. The van der Waals surface area contributed by atoms with Gasteiger partial charge in [-0.05, 0) is 24.0 Å². The van der Waals surface area contributed by atoms with Crippen molar-refractivity contribution >= 4 is 28.6 Å². The number of benzene rings is 1. The molecule has 0 fully saturated rings. The van der Waals surface area contributed by atoms with Crippen molar-refractivity contribution in [1.29, 1.82) is 0 Å². The van der Waals surface area contributed by atoms with Crippen molar-refractivity contribution in [3.05, 3.63) is 23.8 Å². The van der Waals surface area contributed by atoms with Crippen LogP contribution >= 0.6 is 22.6 Å². The summed E-state index contributed by atoms with van der Waals surface area (Å²) in [6.07, 6.45) is 0.326. The highest BCUT2D eigenvalue weighted by molar-refractivity contribution is 8.67.